The molecule has 3 aromatic rings. The van der Waals surface area contributed by atoms with Crippen LogP contribution in [0.3, 0.4) is 0 Å². The molecule has 6 nitrogen and oxygen atoms in total. The quantitative estimate of drug-likeness (QED) is 0.710. The van der Waals surface area contributed by atoms with Crippen molar-refractivity contribution in [2.24, 2.45) is 7.05 Å². The van der Waals surface area contributed by atoms with Crippen molar-refractivity contribution in [1.29, 1.82) is 0 Å². The average molecular weight is 417 g/mol. The Morgan fingerprint density at radius 1 is 1.31 bits per heavy atom. The van der Waals surface area contributed by atoms with Crippen molar-refractivity contribution >= 4 is 32.5 Å². The van der Waals surface area contributed by atoms with Gasteiger partial charge in [-0.25, -0.2) is 4.68 Å². The molecule has 26 heavy (non-hydrogen) atoms. The molecule has 0 unspecified atom stereocenters. The van der Waals surface area contributed by atoms with E-state index in [2.05, 4.69) is 49.2 Å². The summed E-state index contributed by atoms with van der Waals surface area (Å²) in [6.07, 6.45) is 5.96. The second-order valence-corrected chi connectivity index (χ2v) is 7.48. The Morgan fingerprint density at radius 2 is 2.08 bits per heavy atom. The van der Waals surface area contributed by atoms with Gasteiger partial charge in [0.2, 0.25) is 0 Å². The number of aryl methyl sites for hydroxylation is 1. The molecule has 0 aliphatic carbocycles. The predicted molar refractivity (Wildman–Crippen MR) is 106 cm³/mol. The van der Waals surface area contributed by atoms with E-state index in [1.54, 1.807) is 20.4 Å². The van der Waals surface area contributed by atoms with Gasteiger partial charge in [0.1, 0.15) is 10.2 Å². The number of aromatic nitrogens is 3. The van der Waals surface area contributed by atoms with Crippen molar-refractivity contribution in [1.82, 2.24) is 14.8 Å². The number of ether oxygens (including phenoxy) is 1. The van der Waals surface area contributed by atoms with E-state index in [0.29, 0.717) is 10.4 Å². The lowest BCUT2D eigenvalue weighted by Crippen LogP contribution is -2.35. The van der Waals surface area contributed by atoms with Crippen molar-refractivity contribution in [3.05, 3.63) is 51.0 Å². The predicted octanol–water partition coefficient (Wildman–Crippen LogP) is 3.42. The second-order valence-electron chi connectivity index (χ2n) is 6.69. The summed E-state index contributed by atoms with van der Waals surface area (Å²) in [5.41, 5.74) is 3.27. The summed E-state index contributed by atoms with van der Waals surface area (Å²) < 4.78 is 7.31. The van der Waals surface area contributed by atoms with E-state index >= 15 is 0 Å². The van der Waals surface area contributed by atoms with Gasteiger partial charge in [-0.1, -0.05) is 0 Å². The topological polar surface area (TPSA) is 63.1 Å². The van der Waals surface area contributed by atoms with Crippen LogP contribution in [0.4, 0.5) is 5.69 Å². The minimum absolute atomic E-state index is 0.103. The first-order valence-electron chi connectivity index (χ1n) is 8.70. The minimum atomic E-state index is -0.103. The van der Waals surface area contributed by atoms with Crippen molar-refractivity contribution in [3.63, 3.8) is 0 Å². The van der Waals surface area contributed by atoms with Crippen molar-refractivity contribution < 1.29 is 4.74 Å². The Balaban J connectivity index is 1.56. The molecule has 4 rings (SSSR count). The molecule has 0 atom stereocenters. The Labute approximate surface area is 159 Å². The van der Waals surface area contributed by atoms with E-state index in [-0.39, 0.29) is 5.56 Å². The van der Waals surface area contributed by atoms with Crippen LogP contribution in [0, 0.1) is 0 Å². The minimum Gasteiger partial charge on any atom is -0.497 e. The average Bonchev–Trinajstić information content (AvgIpc) is 3.09. The molecule has 1 aliphatic rings. The van der Waals surface area contributed by atoms with Gasteiger partial charge in [-0.3, -0.25) is 4.79 Å². The Kier molecular flexibility index (Phi) is 4.48. The molecule has 7 heteroatoms. The maximum absolute atomic E-state index is 12.1. The third kappa shape index (κ3) is 2.90. The number of rotatable bonds is 3. The van der Waals surface area contributed by atoms with E-state index in [1.807, 2.05) is 6.07 Å². The number of piperidine rings is 1. The summed E-state index contributed by atoms with van der Waals surface area (Å²) >= 11 is 3.43. The van der Waals surface area contributed by atoms with Crippen molar-refractivity contribution in [2.75, 3.05) is 25.1 Å². The molecule has 1 saturated heterocycles. The zero-order valence-corrected chi connectivity index (χ0v) is 16.4. The fourth-order valence-corrected chi connectivity index (χ4v) is 4.35. The van der Waals surface area contributed by atoms with Gasteiger partial charge in [0, 0.05) is 37.2 Å². The molecule has 1 aromatic carbocycles. The summed E-state index contributed by atoms with van der Waals surface area (Å²) in [6, 6.07) is 6.15. The van der Waals surface area contributed by atoms with E-state index in [1.165, 1.54) is 15.6 Å². The number of anilines is 1. The summed E-state index contributed by atoms with van der Waals surface area (Å²) in [7, 11) is 3.36. The van der Waals surface area contributed by atoms with Gasteiger partial charge >= 0.3 is 0 Å². The van der Waals surface area contributed by atoms with E-state index < -0.39 is 0 Å². The molecule has 0 bridgehead atoms. The number of methoxy groups -OCH3 is 1. The normalized spacial score (nSPS) is 15.6. The van der Waals surface area contributed by atoms with Crippen LogP contribution in [0.5, 0.6) is 5.75 Å². The molecular formula is C19H21BrN4O2. The molecule has 1 fully saturated rings. The number of fused-ring (bicyclic) bond motifs is 1. The maximum Gasteiger partial charge on any atom is 0.282 e. The van der Waals surface area contributed by atoms with Crippen LogP contribution in [-0.2, 0) is 7.05 Å². The van der Waals surface area contributed by atoms with Gasteiger partial charge < -0.3 is 14.6 Å². The fraction of sp³-hybridized carbons (Fsp3) is 0.368. The van der Waals surface area contributed by atoms with E-state index in [4.69, 9.17) is 4.74 Å². The third-order valence-electron chi connectivity index (χ3n) is 5.26. The van der Waals surface area contributed by atoms with Crippen molar-refractivity contribution in [2.45, 2.75) is 18.8 Å². The first kappa shape index (κ1) is 17.1. The highest BCUT2D eigenvalue weighted by molar-refractivity contribution is 9.10. The van der Waals surface area contributed by atoms with Crippen LogP contribution in [0.15, 0.2) is 39.9 Å². The second kappa shape index (κ2) is 6.79. The van der Waals surface area contributed by atoms with Gasteiger partial charge in [0.15, 0.2) is 0 Å². The lowest BCUT2D eigenvalue weighted by Gasteiger charge is -2.33. The number of aromatic amines is 1. The smallest absolute Gasteiger partial charge is 0.282 e. The number of H-pyrrole nitrogens is 1. The Hall–Kier alpha value is -2.28. The van der Waals surface area contributed by atoms with Crippen LogP contribution >= 0.6 is 15.9 Å². The molecule has 0 radical (unpaired) electrons. The summed E-state index contributed by atoms with van der Waals surface area (Å²) in [5, 5.41) is 5.39. The van der Waals surface area contributed by atoms with E-state index in [0.717, 1.165) is 42.9 Å². The molecule has 3 heterocycles. The number of nitrogens with one attached hydrogen (secondary N) is 1. The first-order chi connectivity index (χ1) is 12.6. The molecular weight excluding hydrogens is 396 g/mol. The Morgan fingerprint density at radius 3 is 2.81 bits per heavy atom. The van der Waals surface area contributed by atoms with Gasteiger partial charge in [0.25, 0.3) is 5.56 Å². The monoisotopic (exact) mass is 416 g/mol. The largest absolute Gasteiger partial charge is 0.497 e. The number of halogens is 1. The zero-order valence-electron chi connectivity index (χ0n) is 14.8. The lowest BCUT2D eigenvalue weighted by molar-refractivity contribution is 0.415. The molecule has 0 saturated carbocycles. The first-order valence-corrected chi connectivity index (χ1v) is 9.49. The maximum atomic E-state index is 12.1. The van der Waals surface area contributed by atoms with Crippen molar-refractivity contribution in [3.8, 4) is 5.75 Å². The fourth-order valence-electron chi connectivity index (χ4n) is 3.74. The number of hydrogen-bond acceptors (Lipinski definition) is 4. The molecule has 2 aromatic heterocycles. The SMILES string of the molecule is COc1ccc2[nH]cc(C3CCN(c4cnn(C)c(=O)c4Br)CC3)c2c1. The molecule has 136 valence electrons. The summed E-state index contributed by atoms with van der Waals surface area (Å²) in [6.45, 7) is 1.80. The number of nitrogens with zero attached hydrogens (tertiary/aromatic N) is 3. The zero-order chi connectivity index (χ0) is 18.3. The Bertz CT molecular complexity index is 1000. The molecule has 1 N–H and O–H groups in total. The van der Waals surface area contributed by atoms with Gasteiger partial charge in [-0.2, -0.15) is 5.10 Å². The highest BCUT2D eigenvalue weighted by Gasteiger charge is 2.25. The van der Waals surface area contributed by atoms with Gasteiger partial charge in [0.05, 0.1) is 19.0 Å². The standard InChI is InChI=1S/C19H21BrN4O2/c1-23-19(25)18(20)17(11-22-23)24-7-5-12(6-8-24)15-10-21-16-4-3-13(26-2)9-14(15)16/h3-4,9-12,21H,5-8H2,1-2H3. The van der Waals surface area contributed by atoms with Crippen LogP contribution in [0.1, 0.15) is 24.3 Å². The third-order valence-corrected chi connectivity index (χ3v) is 6.00. The highest BCUT2D eigenvalue weighted by atomic mass is 79.9. The van der Waals surface area contributed by atoms with Crippen LogP contribution in [0.2, 0.25) is 0 Å². The summed E-state index contributed by atoms with van der Waals surface area (Å²) in [4.78, 5) is 17.7. The van der Waals surface area contributed by atoms with Gasteiger partial charge in [-0.15, -0.1) is 0 Å². The number of benzene rings is 1. The van der Waals surface area contributed by atoms with Crippen LogP contribution in [0.25, 0.3) is 10.9 Å². The number of hydrogen-bond donors (Lipinski definition) is 1. The van der Waals surface area contributed by atoms with Crippen LogP contribution < -0.4 is 15.2 Å². The molecule has 0 amide bonds. The highest BCUT2D eigenvalue weighted by Crippen LogP contribution is 2.36. The molecule has 0 spiro atoms. The molecule has 1 aliphatic heterocycles. The lowest BCUT2D eigenvalue weighted by atomic mass is 9.89. The van der Waals surface area contributed by atoms with E-state index in [9.17, 15) is 4.79 Å². The van der Waals surface area contributed by atoms with Crippen LogP contribution in [-0.4, -0.2) is 35.0 Å². The summed E-state index contributed by atoms with van der Waals surface area (Å²) in [5.74, 6) is 1.37. The van der Waals surface area contributed by atoms with Gasteiger partial charge in [-0.05, 0) is 58.5 Å².